The first kappa shape index (κ1) is 29.8. The summed E-state index contributed by atoms with van der Waals surface area (Å²) in [7, 11) is 3.37. The van der Waals surface area contributed by atoms with Gasteiger partial charge in [-0.1, -0.05) is 24.4 Å². The average Bonchev–Trinajstić information content (AvgIpc) is 2.86. The summed E-state index contributed by atoms with van der Waals surface area (Å²) < 4.78 is 43.6. The van der Waals surface area contributed by atoms with Crippen LogP contribution in [-0.2, 0) is 6.18 Å². The molecular formula is C25H34ClF3N4O3. The highest BCUT2D eigenvalue weighted by Crippen LogP contribution is 2.34. The molecule has 1 aliphatic rings. The quantitative estimate of drug-likeness (QED) is 0.366. The summed E-state index contributed by atoms with van der Waals surface area (Å²) in [6.07, 6.45) is 4.72. The van der Waals surface area contributed by atoms with Gasteiger partial charge >= 0.3 is 6.18 Å². The molecule has 3 rings (SSSR count). The third-order valence-corrected chi connectivity index (χ3v) is 6.51. The number of pyridine rings is 2. The lowest BCUT2D eigenvalue weighted by Crippen LogP contribution is -2.24. The van der Waals surface area contributed by atoms with E-state index in [1.165, 1.54) is 51.6 Å². The number of aldehydes is 1. The first-order valence-corrected chi connectivity index (χ1v) is 12.2. The number of hydrogen-bond acceptors (Lipinski definition) is 7. The highest BCUT2D eigenvalue weighted by molar-refractivity contribution is 6.33. The fraction of sp³-hybridized carbons (Fsp3) is 0.560. The summed E-state index contributed by atoms with van der Waals surface area (Å²) in [6.45, 7) is 3.18. The van der Waals surface area contributed by atoms with Crippen molar-refractivity contribution in [3.8, 4) is 5.75 Å². The van der Waals surface area contributed by atoms with Crippen molar-refractivity contribution in [3.63, 3.8) is 0 Å². The van der Waals surface area contributed by atoms with Gasteiger partial charge in [-0.25, -0.2) is 9.97 Å². The Morgan fingerprint density at radius 2 is 1.86 bits per heavy atom. The molecule has 2 heterocycles. The van der Waals surface area contributed by atoms with Crippen LogP contribution in [0, 0.1) is 11.8 Å². The topological polar surface area (TPSA) is 96.4 Å². The molecule has 2 aromatic rings. The standard InChI is InChI=1S/C15H13ClF3N3O2.C10H21NO/c1-8(22-14-11(16)3-9(7-23)5-21-14)10-4-13(15(17,18)19)20-6-12(10)24-2;1-11-8-10-4-2-9(3-5-10)6-7-12/h3-8H,1-2H3,(H,21,22);9-12H,2-8H2,1H3/t8-;/m0./s1. The van der Waals surface area contributed by atoms with Crippen LogP contribution in [0.2, 0.25) is 5.02 Å². The van der Waals surface area contributed by atoms with Gasteiger partial charge in [0.1, 0.15) is 17.3 Å². The number of rotatable bonds is 9. The highest BCUT2D eigenvalue weighted by atomic mass is 35.5. The van der Waals surface area contributed by atoms with Crippen LogP contribution < -0.4 is 15.4 Å². The van der Waals surface area contributed by atoms with E-state index in [-0.39, 0.29) is 22.2 Å². The SMILES string of the molecule is CNCC1CCC(CCO)CC1.COc1cnc(C(F)(F)F)cc1[C@H](C)Nc1ncc(C=O)cc1Cl. The largest absolute Gasteiger partial charge is 0.495 e. The van der Waals surface area contributed by atoms with Gasteiger partial charge in [0, 0.05) is 23.9 Å². The van der Waals surface area contributed by atoms with Crippen molar-refractivity contribution in [2.45, 2.75) is 51.2 Å². The summed E-state index contributed by atoms with van der Waals surface area (Å²) in [5, 5.41) is 15.1. The van der Waals surface area contributed by atoms with Crippen LogP contribution in [0.3, 0.4) is 0 Å². The molecule has 11 heteroatoms. The number of nitrogens with one attached hydrogen (secondary N) is 2. The van der Waals surface area contributed by atoms with Gasteiger partial charge in [-0.05, 0) is 63.7 Å². The lowest BCUT2D eigenvalue weighted by molar-refractivity contribution is -0.141. The number of anilines is 1. The second kappa shape index (κ2) is 14.3. The van der Waals surface area contributed by atoms with Crippen LogP contribution in [0.1, 0.15) is 66.7 Å². The molecule has 0 aliphatic heterocycles. The Morgan fingerprint density at radius 1 is 1.19 bits per heavy atom. The minimum Gasteiger partial charge on any atom is -0.495 e. The van der Waals surface area contributed by atoms with Crippen LogP contribution >= 0.6 is 11.6 Å². The zero-order valence-electron chi connectivity index (χ0n) is 20.7. The maximum Gasteiger partial charge on any atom is 0.433 e. The first-order valence-electron chi connectivity index (χ1n) is 11.9. The van der Waals surface area contributed by atoms with E-state index in [4.69, 9.17) is 21.4 Å². The third kappa shape index (κ3) is 8.90. The number of carbonyl (C=O) groups excluding carboxylic acids is 1. The molecule has 1 saturated carbocycles. The molecule has 0 amide bonds. The zero-order valence-corrected chi connectivity index (χ0v) is 21.5. The Hall–Kier alpha value is -2.43. The van der Waals surface area contributed by atoms with Crippen molar-refractivity contribution in [3.05, 3.63) is 46.4 Å². The molecule has 7 nitrogen and oxygen atoms in total. The number of aliphatic hydroxyl groups excluding tert-OH is 1. The second-order valence-electron chi connectivity index (χ2n) is 8.85. The van der Waals surface area contributed by atoms with Gasteiger partial charge in [-0.3, -0.25) is 4.79 Å². The van der Waals surface area contributed by atoms with Gasteiger partial charge in [0.25, 0.3) is 0 Å². The molecule has 200 valence electrons. The summed E-state index contributed by atoms with van der Waals surface area (Å²) in [6, 6.07) is 1.71. The fourth-order valence-corrected chi connectivity index (χ4v) is 4.45. The van der Waals surface area contributed by atoms with E-state index in [0.717, 1.165) is 30.5 Å². The Morgan fingerprint density at radius 3 is 2.39 bits per heavy atom. The lowest BCUT2D eigenvalue weighted by atomic mass is 9.81. The van der Waals surface area contributed by atoms with Crippen LogP contribution in [0.15, 0.2) is 24.5 Å². The highest BCUT2D eigenvalue weighted by Gasteiger charge is 2.33. The Balaban J connectivity index is 0.000000319. The number of halogens is 4. The molecule has 1 aliphatic carbocycles. The van der Waals surface area contributed by atoms with Crippen LogP contribution in [-0.4, -0.2) is 48.7 Å². The van der Waals surface area contributed by atoms with E-state index in [1.54, 1.807) is 6.92 Å². The summed E-state index contributed by atoms with van der Waals surface area (Å²) in [5.41, 5.74) is -0.487. The number of nitrogens with zero attached hydrogens (tertiary/aromatic N) is 2. The molecule has 0 saturated heterocycles. The van der Waals surface area contributed by atoms with Crippen molar-refractivity contribution < 1.29 is 27.8 Å². The van der Waals surface area contributed by atoms with E-state index in [1.807, 2.05) is 7.05 Å². The molecule has 1 atom stereocenters. The summed E-state index contributed by atoms with van der Waals surface area (Å²) in [5.74, 6) is 2.14. The number of aromatic nitrogens is 2. The maximum atomic E-state index is 12.9. The molecule has 1 fully saturated rings. The zero-order chi connectivity index (χ0) is 26.7. The minimum absolute atomic E-state index is 0.176. The summed E-state index contributed by atoms with van der Waals surface area (Å²) in [4.78, 5) is 18.0. The average molecular weight is 531 g/mol. The van der Waals surface area contributed by atoms with E-state index >= 15 is 0 Å². The van der Waals surface area contributed by atoms with Crippen LogP contribution in [0.4, 0.5) is 19.0 Å². The van der Waals surface area contributed by atoms with Crippen LogP contribution in [0.25, 0.3) is 0 Å². The Kier molecular flexibility index (Phi) is 11.9. The molecule has 0 bridgehead atoms. The van der Waals surface area contributed by atoms with Crippen LogP contribution in [0.5, 0.6) is 5.75 Å². The van der Waals surface area contributed by atoms with Crippen molar-refractivity contribution in [1.29, 1.82) is 0 Å². The second-order valence-corrected chi connectivity index (χ2v) is 9.26. The van der Waals surface area contributed by atoms with E-state index < -0.39 is 17.9 Å². The number of hydrogen-bond donors (Lipinski definition) is 3. The summed E-state index contributed by atoms with van der Waals surface area (Å²) >= 11 is 6.01. The van der Waals surface area contributed by atoms with Crippen molar-refractivity contribution in [2.75, 3.05) is 32.6 Å². The fourth-order valence-electron chi connectivity index (χ4n) is 4.22. The van der Waals surface area contributed by atoms with Gasteiger partial charge in [0.15, 0.2) is 6.29 Å². The van der Waals surface area contributed by atoms with E-state index in [0.29, 0.717) is 18.5 Å². The number of alkyl halides is 3. The molecule has 0 aromatic carbocycles. The number of ether oxygens (including phenoxy) is 1. The van der Waals surface area contributed by atoms with E-state index in [9.17, 15) is 18.0 Å². The van der Waals surface area contributed by atoms with Crippen molar-refractivity contribution in [2.24, 2.45) is 11.8 Å². The molecular weight excluding hydrogens is 497 g/mol. The number of methoxy groups -OCH3 is 1. The molecule has 2 aromatic heterocycles. The minimum atomic E-state index is -4.57. The van der Waals surface area contributed by atoms with Crippen molar-refractivity contribution >= 4 is 23.7 Å². The molecule has 3 N–H and O–H groups in total. The number of aliphatic hydroxyl groups is 1. The lowest BCUT2D eigenvalue weighted by Gasteiger charge is -2.27. The molecule has 0 radical (unpaired) electrons. The monoisotopic (exact) mass is 530 g/mol. The Bertz CT molecular complexity index is 956. The first-order chi connectivity index (χ1) is 17.1. The van der Waals surface area contributed by atoms with Crippen molar-refractivity contribution in [1.82, 2.24) is 15.3 Å². The maximum absolute atomic E-state index is 12.9. The predicted octanol–water partition coefficient (Wildman–Crippen LogP) is 5.54. The third-order valence-electron chi connectivity index (χ3n) is 6.22. The molecule has 36 heavy (non-hydrogen) atoms. The van der Waals surface area contributed by atoms with Gasteiger partial charge in [-0.15, -0.1) is 0 Å². The van der Waals surface area contributed by atoms with Gasteiger partial charge < -0.3 is 20.5 Å². The molecule has 0 unspecified atom stereocenters. The predicted molar refractivity (Wildman–Crippen MR) is 134 cm³/mol. The number of carbonyl (C=O) groups is 1. The van der Waals surface area contributed by atoms with Gasteiger partial charge in [0.05, 0.1) is 24.4 Å². The van der Waals surface area contributed by atoms with Gasteiger partial charge in [0.2, 0.25) is 0 Å². The molecule has 0 spiro atoms. The van der Waals surface area contributed by atoms with E-state index in [2.05, 4.69) is 20.6 Å². The van der Waals surface area contributed by atoms with Gasteiger partial charge in [-0.2, -0.15) is 13.2 Å². The Labute approximate surface area is 214 Å². The normalized spacial score (nSPS) is 18.6. The smallest absolute Gasteiger partial charge is 0.433 e.